The summed E-state index contributed by atoms with van der Waals surface area (Å²) >= 11 is 6.19. The van der Waals surface area contributed by atoms with Crippen molar-refractivity contribution in [2.75, 3.05) is 37.8 Å². The van der Waals surface area contributed by atoms with Gasteiger partial charge in [0, 0.05) is 28.9 Å². The normalized spacial score (nSPS) is 25.9. The first-order valence-electron chi connectivity index (χ1n) is 11.1. The molecule has 1 saturated heterocycles. The summed E-state index contributed by atoms with van der Waals surface area (Å²) in [5.74, 6) is 0.866. The van der Waals surface area contributed by atoms with Gasteiger partial charge in [0.05, 0.1) is 10.7 Å². The van der Waals surface area contributed by atoms with Crippen molar-refractivity contribution in [2.24, 2.45) is 5.41 Å². The van der Waals surface area contributed by atoms with Gasteiger partial charge in [0.1, 0.15) is 12.4 Å². The van der Waals surface area contributed by atoms with E-state index < -0.39 is 25.9 Å². The quantitative estimate of drug-likeness (QED) is 0.670. The highest BCUT2D eigenvalue weighted by Gasteiger charge is 2.48. The first kappa shape index (κ1) is 23.3. The number of rotatable bonds is 6. The van der Waals surface area contributed by atoms with E-state index in [-0.39, 0.29) is 5.91 Å². The Morgan fingerprint density at radius 2 is 2.00 bits per heavy atom. The first-order valence-corrected chi connectivity index (χ1v) is 13.4. The van der Waals surface area contributed by atoms with Crippen LogP contribution in [0.5, 0.6) is 0 Å². The SMILES string of the molecule is CC(C1(C)C=CC(OCCN2CCC3(CC2)C(=O)Nc2ccc(Cl)cc23)=CC1)S(C)(=O)=O. The van der Waals surface area contributed by atoms with Crippen LogP contribution in [0.15, 0.2) is 42.2 Å². The van der Waals surface area contributed by atoms with Gasteiger partial charge in [-0.05, 0) is 75.2 Å². The van der Waals surface area contributed by atoms with E-state index in [1.165, 1.54) is 6.26 Å². The molecule has 8 heteroatoms. The fourth-order valence-corrected chi connectivity index (χ4v) is 6.28. The van der Waals surface area contributed by atoms with Gasteiger partial charge in [-0.3, -0.25) is 9.69 Å². The van der Waals surface area contributed by atoms with Crippen LogP contribution in [0, 0.1) is 5.41 Å². The molecule has 174 valence electrons. The number of allylic oxidation sites excluding steroid dienone is 3. The van der Waals surface area contributed by atoms with E-state index in [4.69, 9.17) is 16.3 Å². The number of hydrogen-bond donors (Lipinski definition) is 1. The Bertz CT molecular complexity index is 1070. The van der Waals surface area contributed by atoms with Crippen molar-refractivity contribution in [1.29, 1.82) is 0 Å². The molecule has 2 heterocycles. The summed E-state index contributed by atoms with van der Waals surface area (Å²) in [7, 11) is -3.11. The van der Waals surface area contributed by atoms with E-state index in [9.17, 15) is 13.2 Å². The van der Waals surface area contributed by atoms with Gasteiger partial charge in [-0.25, -0.2) is 8.42 Å². The minimum absolute atomic E-state index is 0.0783. The second kappa shape index (κ2) is 8.50. The zero-order valence-electron chi connectivity index (χ0n) is 18.9. The molecule has 2 aliphatic heterocycles. The van der Waals surface area contributed by atoms with Gasteiger partial charge in [0.25, 0.3) is 0 Å². The predicted octanol–water partition coefficient (Wildman–Crippen LogP) is 3.93. The summed E-state index contributed by atoms with van der Waals surface area (Å²) in [5, 5.41) is 3.23. The van der Waals surface area contributed by atoms with E-state index in [0.717, 1.165) is 49.5 Å². The van der Waals surface area contributed by atoms with Crippen LogP contribution in [-0.2, 0) is 24.8 Å². The van der Waals surface area contributed by atoms with Gasteiger partial charge >= 0.3 is 0 Å². The number of halogens is 1. The molecule has 1 N–H and O–H groups in total. The lowest BCUT2D eigenvalue weighted by atomic mass is 9.73. The van der Waals surface area contributed by atoms with Gasteiger partial charge in [-0.2, -0.15) is 0 Å². The molecule has 1 aromatic rings. The van der Waals surface area contributed by atoms with E-state index in [2.05, 4.69) is 10.2 Å². The minimum Gasteiger partial charge on any atom is -0.493 e. The van der Waals surface area contributed by atoms with Gasteiger partial charge in [-0.15, -0.1) is 0 Å². The Balaban J connectivity index is 1.28. The predicted molar refractivity (Wildman–Crippen MR) is 128 cm³/mol. The number of carbonyl (C=O) groups is 1. The number of nitrogens with one attached hydrogen (secondary N) is 1. The number of anilines is 1. The molecule has 32 heavy (non-hydrogen) atoms. The van der Waals surface area contributed by atoms with Gasteiger partial charge < -0.3 is 10.1 Å². The smallest absolute Gasteiger partial charge is 0.235 e. The number of sulfone groups is 1. The fraction of sp³-hybridized carbons (Fsp3) is 0.542. The van der Waals surface area contributed by atoms with Crippen molar-refractivity contribution in [2.45, 2.75) is 43.8 Å². The number of fused-ring (bicyclic) bond motifs is 2. The third-order valence-corrected chi connectivity index (χ3v) is 9.57. The van der Waals surface area contributed by atoms with Crippen molar-refractivity contribution in [3.63, 3.8) is 0 Å². The number of nitrogens with zero attached hydrogens (tertiary/aromatic N) is 1. The Kier molecular flexibility index (Phi) is 6.20. The molecule has 2 atom stereocenters. The average Bonchev–Trinajstić information content (AvgIpc) is 3.01. The van der Waals surface area contributed by atoms with Gasteiger partial charge in [0.15, 0.2) is 9.84 Å². The molecule has 0 aromatic heterocycles. The van der Waals surface area contributed by atoms with Crippen LogP contribution >= 0.6 is 11.6 Å². The van der Waals surface area contributed by atoms with Crippen molar-refractivity contribution in [3.05, 3.63) is 52.8 Å². The third-order valence-electron chi connectivity index (χ3n) is 7.51. The Morgan fingerprint density at radius 1 is 1.28 bits per heavy atom. The molecule has 0 saturated carbocycles. The summed E-state index contributed by atoms with van der Waals surface area (Å²) in [6, 6.07) is 5.62. The van der Waals surface area contributed by atoms with Gasteiger partial charge in [0.2, 0.25) is 5.91 Å². The highest BCUT2D eigenvalue weighted by atomic mass is 35.5. The molecule has 2 unspecified atom stereocenters. The van der Waals surface area contributed by atoms with Crippen LogP contribution in [0.4, 0.5) is 5.69 Å². The molecule has 4 rings (SSSR count). The topological polar surface area (TPSA) is 75.7 Å². The number of ether oxygens (including phenoxy) is 1. The first-order chi connectivity index (χ1) is 15.0. The maximum Gasteiger partial charge on any atom is 0.235 e. The minimum atomic E-state index is -3.11. The maximum absolute atomic E-state index is 12.8. The zero-order chi connectivity index (χ0) is 23.1. The van der Waals surface area contributed by atoms with E-state index in [1.54, 1.807) is 6.92 Å². The number of hydrogen-bond acceptors (Lipinski definition) is 5. The standard InChI is InChI=1S/C24H31ClN2O4S/c1-17(32(3,29)30)23(2)8-6-19(7-9-23)31-15-14-27-12-10-24(11-13-27)20-16-18(25)4-5-21(20)26-22(24)28/h4-8,16-17H,9-15H2,1-3H3,(H,26,28). The highest BCUT2D eigenvalue weighted by molar-refractivity contribution is 7.91. The molecule has 0 bridgehead atoms. The van der Waals surface area contributed by atoms with Crippen molar-refractivity contribution < 1.29 is 17.9 Å². The van der Waals surface area contributed by atoms with Crippen LogP contribution in [0.2, 0.25) is 5.02 Å². The van der Waals surface area contributed by atoms with E-state index in [0.29, 0.717) is 18.1 Å². The van der Waals surface area contributed by atoms with E-state index in [1.807, 2.05) is 43.4 Å². The van der Waals surface area contributed by atoms with Crippen LogP contribution < -0.4 is 5.32 Å². The molecule has 1 aliphatic carbocycles. The number of amides is 1. The number of likely N-dealkylation sites (tertiary alicyclic amines) is 1. The molecule has 1 spiro atoms. The fourth-order valence-electron chi connectivity index (χ4n) is 4.96. The monoisotopic (exact) mass is 478 g/mol. The average molecular weight is 479 g/mol. The van der Waals surface area contributed by atoms with Crippen LogP contribution in [0.1, 0.15) is 38.7 Å². The molecule has 1 fully saturated rings. The molecule has 3 aliphatic rings. The Morgan fingerprint density at radius 3 is 2.62 bits per heavy atom. The van der Waals surface area contributed by atoms with Gasteiger partial charge in [-0.1, -0.05) is 24.6 Å². The number of piperidine rings is 1. The molecular formula is C24H31ClN2O4S. The summed E-state index contributed by atoms with van der Waals surface area (Å²) in [4.78, 5) is 15.1. The second-order valence-electron chi connectivity index (χ2n) is 9.54. The Hall–Kier alpha value is -1.83. The number of carbonyl (C=O) groups excluding carboxylic acids is 1. The molecule has 1 aromatic carbocycles. The molecule has 1 amide bonds. The lowest BCUT2D eigenvalue weighted by molar-refractivity contribution is -0.122. The summed E-state index contributed by atoms with van der Waals surface area (Å²) < 4.78 is 29.8. The lowest BCUT2D eigenvalue weighted by Crippen LogP contribution is -2.47. The van der Waals surface area contributed by atoms with Crippen LogP contribution in [0.3, 0.4) is 0 Å². The lowest BCUT2D eigenvalue weighted by Gasteiger charge is -2.38. The summed E-state index contributed by atoms with van der Waals surface area (Å²) in [5.41, 5.74) is 1.01. The Labute approximate surface area is 195 Å². The highest BCUT2D eigenvalue weighted by Crippen LogP contribution is 2.45. The maximum atomic E-state index is 12.8. The zero-order valence-corrected chi connectivity index (χ0v) is 20.4. The summed E-state index contributed by atoms with van der Waals surface area (Å²) in [6.07, 6.45) is 9.28. The van der Waals surface area contributed by atoms with Crippen molar-refractivity contribution >= 4 is 33.0 Å². The number of benzene rings is 1. The van der Waals surface area contributed by atoms with Crippen molar-refractivity contribution in [1.82, 2.24) is 4.90 Å². The molecular weight excluding hydrogens is 448 g/mol. The van der Waals surface area contributed by atoms with E-state index >= 15 is 0 Å². The van der Waals surface area contributed by atoms with Crippen molar-refractivity contribution in [3.8, 4) is 0 Å². The molecule has 0 radical (unpaired) electrons. The molecule has 6 nitrogen and oxygen atoms in total. The summed E-state index contributed by atoms with van der Waals surface area (Å²) in [6.45, 7) is 6.71. The van der Waals surface area contributed by atoms with Crippen LogP contribution in [0.25, 0.3) is 0 Å². The largest absolute Gasteiger partial charge is 0.493 e. The second-order valence-corrected chi connectivity index (χ2v) is 12.3. The third kappa shape index (κ3) is 4.35. The van der Waals surface area contributed by atoms with Crippen LogP contribution in [-0.4, -0.2) is 57.0 Å².